The Bertz CT molecular complexity index is 657. The average molecular weight is 406 g/mol. The van der Waals surface area contributed by atoms with E-state index in [1.807, 2.05) is 25.1 Å². The number of para-hydroxylation sites is 2. The summed E-state index contributed by atoms with van der Waals surface area (Å²) in [4.78, 5) is 22.7. The topological polar surface area (TPSA) is 69.6 Å². The lowest BCUT2D eigenvalue weighted by molar-refractivity contribution is -0.127. The predicted molar refractivity (Wildman–Crippen MR) is 117 cm³/mol. The van der Waals surface area contributed by atoms with Gasteiger partial charge in [0.05, 0.1) is 12.8 Å². The Morgan fingerprint density at radius 1 is 1.21 bits per heavy atom. The number of amides is 1. The molecule has 0 radical (unpaired) electrons. The lowest BCUT2D eigenvalue weighted by atomic mass is 10.2. The zero-order valence-electron chi connectivity index (χ0n) is 18.2. The van der Waals surface area contributed by atoms with Gasteiger partial charge in [-0.1, -0.05) is 12.1 Å². The Labute approximate surface area is 174 Å². The molecule has 0 aliphatic carbocycles. The van der Waals surface area contributed by atoms with Gasteiger partial charge in [0.2, 0.25) is 5.91 Å². The Hall–Kier alpha value is -2.48. The van der Waals surface area contributed by atoms with Gasteiger partial charge in [0.1, 0.15) is 12.3 Å². The normalized spacial score (nSPS) is 14.7. The summed E-state index contributed by atoms with van der Waals surface area (Å²) in [6.07, 6.45) is 0.898. The van der Waals surface area contributed by atoms with E-state index in [4.69, 9.17) is 9.47 Å². The Kier molecular flexibility index (Phi) is 9.56. The summed E-state index contributed by atoms with van der Waals surface area (Å²) in [7, 11) is 5.20. The number of methoxy groups -OCH3 is 1. The lowest BCUT2D eigenvalue weighted by Crippen LogP contribution is -2.53. The standard InChI is InChI=1S/C21H35N5O3/c1-5-29-16-8-11-22-21(23-17-20(27)24(2)3)26-14-12-25(13-15-26)18-9-6-7-10-19(18)28-4/h6-7,9-10H,5,8,11-17H2,1-4H3,(H,22,23). The van der Waals surface area contributed by atoms with Crippen molar-refractivity contribution < 1.29 is 14.3 Å². The van der Waals surface area contributed by atoms with Gasteiger partial charge in [0, 0.05) is 60.0 Å². The Balaban J connectivity index is 1.97. The molecular formula is C21H35N5O3. The van der Waals surface area contributed by atoms with E-state index in [9.17, 15) is 4.79 Å². The van der Waals surface area contributed by atoms with Crippen LogP contribution in [0.4, 0.5) is 5.69 Å². The summed E-state index contributed by atoms with van der Waals surface area (Å²) in [5.41, 5.74) is 1.11. The van der Waals surface area contributed by atoms with Crippen LogP contribution >= 0.6 is 0 Å². The molecule has 0 spiro atoms. The van der Waals surface area contributed by atoms with E-state index in [1.165, 1.54) is 0 Å². The van der Waals surface area contributed by atoms with Crippen LogP contribution in [0.25, 0.3) is 0 Å². The van der Waals surface area contributed by atoms with Gasteiger partial charge in [-0.2, -0.15) is 0 Å². The van der Waals surface area contributed by atoms with Crippen LogP contribution in [-0.4, -0.2) is 95.4 Å². The molecular weight excluding hydrogens is 370 g/mol. The number of ether oxygens (including phenoxy) is 2. The molecule has 0 aromatic heterocycles. The molecule has 2 rings (SSSR count). The summed E-state index contributed by atoms with van der Waals surface area (Å²) >= 11 is 0. The van der Waals surface area contributed by atoms with Crippen molar-refractivity contribution in [2.24, 2.45) is 4.99 Å². The fourth-order valence-corrected chi connectivity index (χ4v) is 3.12. The minimum atomic E-state index is -0.00808. The van der Waals surface area contributed by atoms with Crippen LogP contribution in [0.5, 0.6) is 5.75 Å². The monoisotopic (exact) mass is 405 g/mol. The number of guanidine groups is 1. The number of carbonyl (C=O) groups excluding carboxylic acids is 1. The van der Waals surface area contributed by atoms with Crippen molar-refractivity contribution in [1.29, 1.82) is 0 Å². The summed E-state index contributed by atoms with van der Waals surface area (Å²) in [5.74, 6) is 1.67. The second kappa shape index (κ2) is 12.2. The zero-order valence-corrected chi connectivity index (χ0v) is 18.2. The molecule has 1 heterocycles. The van der Waals surface area contributed by atoms with Crippen molar-refractivity contribution in [2.75, 3.05) is 78.6 Å². The highest BCUT2D eigenvalue weighted by molar-refractivity contribution is 5.85. The van der Waals surface area contributed by atoms with E-state index in [2.05, 4.69) is 26.2 Å². The molecule has 1 aliphatic rings. The van der Waals surface area contributed by atoms with Crippen molar-refractivity contribution >= 4 is 17.6 Å². The number of rotatable bonds is 9. The lowest BCUT2D eigenvalue weighted by Gasteiger charge is -2.38. The molecule has 162 valence electrons. The van der Waals surface area contributed by atoms with Crippen molar-refractivity contribution in [3.8, 4) is 5.75 Å². The van der Waals surface area contributed by atoms with Gasteiger partial charge in [0.15, 0.2) is 5.96 Å². The van der Waals surface area contributed by atoms with E-state index in [0.29, 0.717) is 0 Å². The number of nitrogens with one attached hydrogen (secondary N) is 1. The SMILES string of the molecule is CCOCCCNC(=NCC(=O)N(C)C)N1CCN(c2ccccc2OC)CC1. The molecule has 8 heteroatoms. The minimum absolute atomic E-state index is 0.00808. The van der Waals surface area contributed by atoms with Gasteiger partial charge in [0.25, 0.3) is 0 Å². The third-order valence-corrected chi connectivity index (χ3v) is 4.82. The molecule has 1 amide bonds. The van der Waals surface area contributed by atoms with Gasteiger partial charge in [-0.25, -0.2) is 4.99 Å². The second-order valence-corrected chi connectivity index (χ2v) is 7.05. The van der Waals surface area contributed by atoms with Crippen molar-refractivity contribution in [3.05, 3.63) is 24.3 Å². The van der Waals surface area contributed by atoms with Crippen LogP contribution in [0.3, 0.4) is 0 Å². The number of aliphatic imine (C=N–C) groups is 1. The fourth-order valence-electron chi connectivity index (χ4n) is 3.12. The number of carbonyl (C=O) groups is 1. The molecule has 1 aromatic rings. The van der Waals surface area contributed by atoms with Gasteiger partial charge < -0.3 is 29.5 Å². The maximum atomic E-state index is 12.0. The van der Waals surface area contributed by atoms with Crippen LogP contribution in [0.1, 0.15) is 13.3 Å². The highest BCUT2D eigenvalue weighted by Crippen LogP contribution is 2.28. The van der Waals surface area contributed by atoms with Gasteiger partial charge in [-0.3, -0.25) is 4.79 Å². The number of nitrogens with zero attached hydrogens (tertiary/aromatic N) is 4. The predicted octanol–water partition coefficient (Wildman–Crippen LogP) is 1.28. The average Bonchev–Trinajstić information content (AvgIpc) is 2.75. The quantitative estimate of drug-likeness (QED) is 0.379. The smallest absolute Gasteiger partial charge is 0.243 e. The summed E-state index contributed by atoms with van der Waals surface area (Å²) in [6, 6.07) is 8.09. The molecule has 0 saturated carbocycles. The van der Waals surface area contributed by atoms with E-state index in [-0.39, 0.29) is 12.5 Å². The second-order valence-electron chi connectivity index (χ2n) is 7.05. The molecule has 0 atom stereocenters. The number of benzene rings is 1. The van der Waals surface area contributed by atoms with Crippen LogP contribution < -0.4 is 15.0 Å². The summed E-state index contributed by atoms with van der Waals surface area (Å²) in [6.45, 7) is 7.72. The van der Waals surface area contributed by atoms with Gasteiger partial charge in [-0.05, 0) is 25.5 Å². The van der Waals surface area contributed by atoms with Crippen LogP contribution in [0, 0.1) is 0 Å². The van der Waals surface area contributed by atoms with E-state index < -0.39 is 0 Å². The van der Waals surface area contributed by atoms with E-state index in [1.54, 1.807) is 26.1 Å². The third-order valence-electron chi connectivity index (χ3n) is 4.82. The summed E-state index contributed by atoms with van der Waals surface area (Å²) < 4.78 is 10.9. The minimum Gasteiger partial charge on any atom is -0.495 e. The molecule has 8 nitrogen and oxygen atoms in total. The largest absolute Gasteiger partial charge is 0.495 e. The highest BCUT2D eigenvalue weighted by Gasteiger charge is 2.22. The Morgan fingerprint density at radius 2 is 1.93 bits per heavy atom. The molecule has 1 aliphatic heterocycles. The van der Waals surface area contributed by atoms with Crippen molar-refractivity contribution in [3.63, 3.8) is 0 Å². The number of hydrogen-bond donors (Lipinski definition) is 1. The molecule has 1 N–H and O–H groups in total. The molecule has 0 unspecified atom stereocenters. The van der Waals surface area contributed by atoms with Crippen LogP contribution in [0.2, 0.25) is 0 Å². The molecule has 29 heavy (non-hydrogen) atoms. The maximum Gasteiger partial charge on any atom is 0.243 e. The first-order valence-electron chi connectivity index (χ1n) is 10.3. The highest BCUT2D eigenvalue weighted by atomic mass is 16.5. The first-order chi connectivity index (χ1) is 14.1. The van der Waals surface area contributed by atoms with Crippen LogP contribution in [-0.2, 0) is 9.53 Å². The first kappa shape index (κ1) is 22.8. The van der Waals surface area contributed by atoms with Crippen LogP contribution in [0.15, 0.2) is 29.3 Å². The molecule has 0 bridgehead atoms. The van der Waals surface area contributed by atoms with E-state index >= 15 is 0 Å². The Morgan fingerprint density at radius 3 is 2.59 bits per heavy atom. The number of anilines is 1. The zero-order chi connectivity index (χ0) is 21.1. The number of piperazine rings is 1. The number of likely N-dealkylation sites (N-methyl/N-ethyl adjacent to an activating group) is 1. The number of hydrogen-bond acceptors (Lipinski definition) is 5. The van der Waals surface area contributed by atoms with Crippen molar-refractivity contribution in [1.82, 2.24) is 15.1 Å². The molecule has 1 fully saturated rings. The fraction of sp³-hybridized carbons (Fsp3) is 0.619. The first-order valence-corrected chi connectivity index (χ1v) is 10.3. The van der Waals surface area contributed by atoms with Crippen molar-refractivity contribution in [2.45, 2.75) is 13.3 Å². The molecule has 1 aromatic carbocycles. The van der Waals surface area contributed by atoms with Gasteiger partial charge in [-0.15, -0.1) is 0 Å². The van der Waals surface area contributed by atoms with E-state index in [0.717, 1.165) is 69.8 Å². The third kappa shape index (κ3) is 7.12. The van der Waals surface area contributed by atoms with Gasteiger partial charge >= 0.3 is 0 Å². The maximum absolute atomic E-state index is 12.0. The summed E-state index contributed by atoms with van der Waals surface area (Å²) in [5, 5.41) is 3.40. The molecule has 1 saturated heterocycles.